The summed E-state index contributed by atoms with van der Waals surface area (Å²) in [5, 5.41) is 0.732. The van der Waals surface area contributed by atoms with E-state index in [1.54, 1.807) is 24.2 Å². The number of carbonyl (C=O) groups is 1. The number of halogens is 1. The van der Waals surface area contributed by atoms with E-state index in [9.17, 15) is 4.79 Å². The van der Waals surface area contributed by atoms with Crippen LogP contribution in [0.2, 0.25) is 0 Å². The molecule has 3 rings (SSSR count). The van der Waals surface area contributed by atoms with Crippen molar-refractivity contribution in [3.8, 4) is 0 Å². The van der Waals surface area contributed by atoms with E-state index in [2.05, 4.69) is 9.97 Å². The maximum absolute atomic E-state index is 11.8. The van der Waals surface area contributed by atoms with E-state index in [4.69, 9.17) is 20.9 Å². The highest BCUT2D eigenvalue weighted by atomic mass is 35.5. The fourth-order valence-corrected chi connectivity index (χ4v) is 4.29. The van der Waals surface area contributed by atoms with E-state index in [0.29, 0.717) is 5.92 Å². The molecule has 0 spiro atoms. The monoisotopic (exact) mass is 411 g/mol. The lowest BCUT2D eigenvalue weighted by Gasteiger charge is -2.32. The first kappa shape index (κ1) is 20.9. The van der Waals surface area contributed by atoms with Crippen molar-refractivity contribution < 1.29 is 14.1 Å². The Morgan fingerprint density at radius 2 is 1.93 bits per heavy atom. The van der Waals surface area contributed by atoms with Crippen LogP contribution < -0.4 is 5.46 Å². The second kappa shape index (κ2) is 8.27. The molecule has 0 aromatic carbocycles. The van der Waals surface area contributed by atoms with Crippen molar-refractivity contribution in [3.63, 3.8) is 0 Å². The second-order valence-corrected chi connectivity index (χ2v) is 9.43. The van der Waals surface area contributed by atoms with E-state index in [-0.39, 0.29) is 23.0 Å². The Bertz CT molecular complexity index is 658. The molecule has 148 valence electrons. The number of thioether (sulfide) groups is 1. The standard InChI is InChI=1S/C18H27BClN3O3S/c1-17(2)18(3,4)26-19(25-17)14-9-21-16(22-10-14)27-12-13-6-5-7-23(11-13)15(24)8-20/h9-10,13H,5-8,11-12H2,1-4H3. The van der Waals surface area contributed by atoms with Gasteiger partial charge in [-0.3, -0.25) is 4.79 Å². The summed E-state index contributed by atoms with van der Waals surface area (Å²) in [6, 6.07) is 0. The molecule has 6 nitrogen and oxygen atoms in total. The highest BCUT2D eigenvalue weighted by Crippen LogP contribution is 2.36. The zero-order chi connectivity index (χ0) is 19.7. The van der Waals surface area contributed by atoms with Gasteiger partial charge in [0.05, 0.1) is 11.2 Å². The Kier molecular flexibility index (Phi) is 6.40. The van der Waals surface area contributed by atoms with Crippen LogP contribution in [0.5, 0.6) is 0 Å². The van der Waals surface area contributed by atoms with Crippen LogP contribution in [0, 0.1) is 5.92 Å². The average molecular weight is 412 g/mol. The van der Waals surface area contributed by atoms with Crippen LogP contribution in [0.4, 0.5) is 0 Å². The molecule has 9 heteroatoms. The molecule has 27 heavy (non-hydrogen) atoms. The summed E-state index contributed by atoms with van der Waals surface area (Å²) in [5.41, 5.74) is 0.0751. The minimum atomic E-state index is -0.442. The topological polar surface area (TPSA) is 64.5 Å². The number of hydrogen-bond donors (Lipinski definition) is 0. The van der Waals surface area contributed by atoms with Crippen LogP contribution in [0.3, 0.4) is 0 Å². The van der Waals surface area contributed by atoms with Crippen LogP contribution in [-0.4, -0.2) is 63.8 Å². The zero-order valence-electron chi connectivity index (χ0n) is 16.4. The first-order valence-electron chi connectivity index (χ1n) is 9.36. The molecule has 1 amide bonds. The molecule has 0 radical (unpaired) electrons. The lowest BCUT2D eigenvalue weighted by molar-refractivity contribution is -0.130. The molecule has 2 aliphatic heterocycles. The van der Waals surface area contributed by atoms with Crippen molar-refractivity contribution in [1.82, 2.24) is 14.9 Å². The van der Waals surface area contributed by atoms with Crippen LogP contribution in [-0.2, 0) is 14.1 Å². The Morgan fingerprint density at radius 3 is 2.52 bits per heavy atom. The van der Waals surface area contributed by atoms with E-state index in [1.807, 2.05) is 32.6 Å². The molecule has 0 aliphatic carbocycles. The van der Waals surface area contributed by atoms with Crippen LogP contribution in [0.25, 0.3) is 0 Å². The van der Waals surface area contributed by atoms with E-state index >= 15 is 0 Å². The number of piperidine rings is 1. The number of alkyl halides is 1. The molecule has 1 atom stereocenters. The molecule has 0 saturated carbocycles. The maximum Gasteiger partial charge on any atom is 0.498 e. The first-order chi connectivity index (χ1) is 12.7. The Labute approximate surface area is 170 Å². The lowest BCUT2D eigenvalue weighted by Crippen LogP contribution is -2.41. The molecular weight excluding hydrogens is 385 g/mol. The number of amides is 1. The van der Waals surface area contributed by atoms with Gasteiger partial charge in [-0.2, -0.15) is 0 Å². The minimum absolute atomic E-state index is 0.0226. The summed E-state index contributed by atoms with van der Waals surface area (Å²) < 4.78 is 12.1. The van der Waals surface area contributed by atoms with Gasteiger partial charge < -0.3 is 14.2 Å². The highest BCUT2D eigenvalue weighted by molar-refractivity contribution is 7.99. The Hall–Kier alpha value is -0.825. The number of likely N-dealkylation sites (tertiary alicyclic amines) is 1. The van der Waals surface area contributed by atoms with Gasteiger partial charge in [-0.1, -0.05) is 11.8 Å². The quantitative estimate of drug-likeness (QED) is 0.321. The van der Waals surface area contributed by atoms with Gasteiger partial charge in [0.2, 0.25) is 5.91 Å². The average Bonchev–Trinajstić information content (AvgIpc) is 2.87. The molecule has 0 bridgehead atoms. The summed E-state index contributed by atoms with van der Waals surface area (Å²) in [7, 11) is -0.442. The number of carbonyl (C=O) groups excluding carboxylic acids is 1. The van der Waals surface area contributed by atoms with Crippen LogP contribution >= 0.6 is 23.4 Å². The van der Waals surface area contributed by atoms with Gasteiger partial charge in [0, 0.05) is 36.7 Å². The smallest absolute Gasteiger partial charge is 0.399 e. The molecule has 1 aromatic rings. The van der Waals surface area contributed by atoms with Crippen LogP contribution in [0.15, 0.2) is 17.6 Å². The van der Waals surface area contributed by atoms with Gasteiger partial charge in [-0.25, -0.2) is 9.97 Å². The van der Waals surface area contributed by atoms with E-state index in [0.717, 1.165) is 42.3 Å². The lowest BCUT2D eigenvalue weighted by atomic mass is 9.81. The third-order valence-electron chi connectivity index (χ3n) is 5.61. The second-order valence-electron chi connectivity index (χ2n) is 8.18. The molecule has 1 aromatic heterocycles. The van der Waals surface area contributed by atoms with E-state index < -0.39 is 7.12 Å². The van der Waals surface area contributed by atoms with Gasteiger partial charge in [0.25, 0.3) is 0 Å². The number of aromatic nitrogens is 2. The van der Waals surface area contributed by atoms with Crippen molar-refractivity contribution >= 4 is 41.9 Å². The third-order valence-corrected chi connectivity index (χ3v) is 6.94. The Morgan fingerprint density at radius 1 is 1.30 bits per heavy atom. The van der Waals surface area contributed by atoms with Gasteiger partial charge in [0.1, 0.15) is 5.88 Å². The minimum Gasteiger partial charge on any atom is -0.399 e. The van der Waals surface area contributed by atoms with Gasteiger partial charge >= 0.3 is 7.12 Å². The van der Waals surface area contributed by atoms with E-state index in [1.165, 1.54) is 0 Å². The van der Waals surface area contributed by atoms with Crippen molar-refractivity contribution in [1.29, 1.82) is 0 Å². The molecule has 3 heterocycles. The highest BCUT2D eigenvalue weighted by Gasteiger charge is 2.51. The van der Waals surface area contributed by atoms with Gasteiger partial charge in [-0.15, -0.1) is 11.6 Å². The number of nitrogens with zero attached hydrogens (tertiary/aromatic N) is 3. The van der Waals surface area contributed by atoms with Gasteiger partial charge in [-0.05, 0) is 46.5 Å². The summed E-state index contributed by atoms with van der Waals surface area (Å²) in [5.74, 6) is 1.42. The molecular formula is C18H27BClN3O3S. The van der Waals surface area contributed by atoms with Crippen molar-refractivity contribution in [2.24, 2.45) is 5.92 Å². The molecule has 0 N–H and O–H groups in total. The van der Waals surface area contributed by atoms with Gasteiger partial charge in [0.15, 0.2) is 5.16 Å². The Balaban J connectivity index is 1.53. The largest absolute Gasteiger partial charge is 0.498 e. The molecule has 2 saturated heterocycles. The SMILES string of the molecule is CC1(C)OB(c2cnc(SCC3CCCN(C(=O)CCl)C3)nc2)OC1(C)C. The fourth-order valence-electron chi connectivity index (χ4n) is 3.21. The summed E-state index contributed by atoms with van der Waals surface area (Å²) in [6.07, 6.45) is 5.70. The zero-order valence-corrected chi connectivity index (χ0v) is 18.0. The molecule has 2 aliphatic rings. The fraction of sp³-hybridized carbons (Fsp3) is 0.722. The molecule has 1 unspecified atom stereocenters. The van der Waals surface area contributed by atoms with Crippen molar-refractivity contribution in [2.75, 3.05) is 24.7 Å². The number of rotatable bonds is 5. The summed E-state index contributed by atoms with van der Waals surface area (Å²) in [6.45, 7) is 9.69. The third kappa shape index (κ3) is 4.78. The predicted molar refractivity (Wildman–Crippen MR) is 108 cm³/mol. The van der Waals surface area contributed by atoms with Crippen molar-refractivity contribution in [2.45, 2.75) is 56.9 Å². The maximum atomic E-state index is 11.8. The normalized spacial score (nSPS) is 24.3. The summed E-state index contributed by atoms with van der Waals surface area (Å²) in [4.78, 5) is 22.6. The van der Waals surface area contributed by atoms with Crippen LogP contribution in [0.1, 0.15) is 40.5 Å². The van der Waals surface area contributed by atoms with Crippen molar-refractivity contribution in [3.05, 3.63) is 12.4 Å². The predicted octanol–water partition coefficient (Wildman–Crippen LogP) is 2.35. The summed E-state index contributed by atoms with van der Waals surface area (Å²) >= 11 is 7.30. The molecule has 2 fully saturated rings. The first-order valence-corrected chi connectivity index (χ1v) is 10.9. The number of hydrogen-bond acceptors (Lipinski definition) is 6.